The Kier molecular flexibility index (Phi) is 7.39. The summed E-state index contributed by atoms with van der Waals surface area (Å²) in [6.45, 7) is 3.34. The summed E-state index contributed by atoms with van der Waals surface area (Å²) in [6, 6.07) is 8.44. The Bertz CT molecular complexity index is 477. The molecule has 2 rings (SSSR count). The minimum atomic E-state index is 0. The number of aromatic nitrogens is 2. The van der Waals surface area contributed by atoms with Crippen LogP contribution in [0.5, 0.6) is 0 Å². The van der Waals surface area contributed by atoms with E-state index < -0.39 is 0 Å². The molecule has 0 atom stereocenters. The van der Waals surface area contributed by atoms with E-state index in [0.717, 1.165) is 11.0 Å². The third-order valence-electron chi connectivity index (χ3n) is 3.13. The van der Waals surface area contributed by atoms with Crippen molar-refractivity contribution in [2.24, 2.45) is 0 Å². The van der Waals surface area contributed by atoms with Crippen LogP contribution in [0, 0.1) is 0 Å². The molecule has 0 aliphatic carbocycles. The molecule has 1 aromatic carbocycles. The molecule has 4 heteroatoms. The molecule has 1 N–H and O–H groups in total. The van der Waals surface area contributed by atoms with Crippen molar-refractivity contribution in [1.29, 1.82) is 0 Å². The molecule has 0 aliphatic rings. The van der Waals surface area contributed by atoms with E-state index in [2.05, 4.69) is 62.9 Å². The molecular weight excluding hydrogens is 368 g/mol. The number of rotatable bonds is 6. The molecule has 0 saturated heterocycles. The van der Waals surface area contributed by atoms with Gasteiger partial charge in [0.05, 0.1) is 12.1 Å². The Labute approximate surface area is 134 Å². The van der Waals surface area contributed by atoms with Crippen LogP contribution in [-0.2, 0) is 6.54 Å². The van der Waals surface area contributed by atoms with Gasteiger partial charge in [0.25, 0.3) is 5.82 Å². The zero-order valence-corrected chi connectivity index (χ0v) is 14.4. The van der Waals surface area contributed by atoms with E-state index in [-0.39, 0.29) is 17.0 Å². The molecule has 0 radical (unpaired) electrons. The second-order valence-electron chi connectivity index (χ2n) is 4.57. The van der Waals surface area contributed by atoms with Gasteiger partial charge < -0.3 is 17.0 Å². The zero-order valence-electron chi connectivity index (χ0n) is 11.2. The molecule has 0 bridgehead atoms. The lowest BCUT2D eigenvalue weighted by molar-refractivity contribution is -0.685. The summed E-state index contributed by atoms with van der Waals surface area (Å²) in [5, 5.41) is 0. The number of H-pyrrole nitrogens is 1. The Morgan fingerprint density at radius 2 is 1.84 bits per heavy atom. The maximum atomic E-state index is 3.47. The van der Waals surface area contributed by atoms with E-state index in [4.69, 9.17) is 0 Å². The first-order valence-corrected chi connectivity index (χ1v) is 7.43. The van der Waals surface area contributed by atoms with E-state index in [1.165, 1.54) is 37.1 Å². The van der Waals surface area contributed by atoms with Crippen LogP contribution in [0.15, 0.2) is 41.1 Å². The van der Waals surface area contributed by atoms with Crippen LogP contribution in [0.4, 0.5) is 0 Å². The van der Waals surface area contributed by atoms with Gasteiger partial charge in [-0.1, -0.05) is 35.7 Å². The number of halogens is 2. The molecule has 19 heavy (non-hydrogen) atoms. The molecule has 2 nitrogen and oxygen atoms in total. The quantitative estimate of drug-likeness (QED) is 0.569. The van der Waals surface area contributed by atoms with Gasteiger partial charge in [-0.05, 0) is 37.1 Å². The highest BCUT2D eigenvalue weighted by Gasteiger charge is 2.12. The van der Waals surface area contributed by atoms with Gasteiger partial charge in [-0.15, -0.1) is 0 Å². The Hall–Kier alpha value is -0.610. The van der Waals surface area contributed by atoms with Crippen molar-refractivity contribution in [3.8, 4) is 11.4 Å². The normalized spacial score (nSPS) is 10.2. The number of aryl methyl sites for hydroxylation is 1. The van der Waals surface area contributed by atoms with Gasteiger partial charge in [0, 0.05) is 4.47 Å². The van der Waals surface area contributed by atoms with Gasteiger partial charge in [-0.3, -0.25) is 0 Å². The number of hydrogen-bond donors (Lipinski definition) is 1. The van der Waals surface area contributed by atoms with Crippen molar-refractivity contribution in [2.75, 3.05) is 0 Å². The third-order valence-corrected chi connectivity index (χ3v) is 3.66. The van der Waals surface area contributed by atoms with E-state index in [1.54, 1.807) is 0 Å². The fourth-order valence-electron chi connectivity index (χ4n) is 2.12. The molecule has 104 valence electrons. The molecule has 1 heterocycles. The lowest BCUT2D eigenvalue weighted by atomic mass is 10.2. The van der Waals surface area contributed by atoms with Crippen LogP contribution < -0.4 is 21.5 Å². The smallest absolute Gasteiger partial charge is 0.286 e. The standard InChI is InChI=1S/C15H19BrN2.BrH/c1-2-3-4-5-11-18-12-10-17-15(18)13-6-8-14(16)9-7-13;/h6-10,12H,2-5,11H2,1H3;1H. The summed E-state index contributed by atoms with van der Waals surface area (Å²) >= 11 is 3.47. The van der Waals surface area contributed by atoms with Crippen LogP contribution in [0.1, 0.15) is 32.6 Å². The molecular formula is C15H20Br2N2. The predicted octanol–water partition coefficient (Wildman–Crippen LogP) is 1.32. The average Bonchev–Trinajstić information content (AvgIpc) is 2.84. The first kappa shape index (κ1) is 16.4. The van der Waals surface area contributed by atoms with Gasteiger partial charge in [0.1, 0.15) is 12.4 Å². The molecule has 0 unspecified atom stereocenters. The molecule has 0 saturated carbocycles. The van der Waals surface area contributed by atoms with Gasteiger partial charge in [0.15, 0.2) is 0 Å². The molecule has 0 aliphatic heterocycles. The number of unbranched alkanes of at least 4 members (excludes halogenated alkanes) is 3. The predicted molar refractivity (Wildman–Crippen MR) is 78.3 cm³/mol. The average molecular weight is 388 g/mol. The van der Waals surface area contributed by atoms with Crippen molar-refractivity contribution in [1.82, 2.24) is 4.98 Å². The number of nitrogens with one attached hydrogen (secondary N) is 1. The SMILES string of the molecule is CCCCCC[n+]1cc[nH]c1-c1ccc(Br)cc1.[Br-]. The molecule has 0 fully saturated rings. The van der Waals surface area contributed by atoms with Crippen molar-refractivity contribution in [3.05, 3.63) is 41.1 Å². The van der Waals surface area contributed by atoms with Gasteiger partial charge in [-0.25, -0.2) is 9.55 Å². The van der Waals surface area contributed by atoms with Gasteiger partial charge >= 0.3 is 0 Å². The fourth-order valence-corrected chi connectivity index (χ4v) is 2.38. The zero-order chi connectivity index (χ0) is 12.8. The lowest BCUT2D eigenvalue weighted by Gasteiger charge is -2.01. The van der Waals surface area contributed by atoms with Crippen molar-refractivity contribution in [3.63, 3.8) is 0 Å². The maximum Gasteiger partial charge on any atom is 0.286 e. The topological polar surface area (TPSA) is 19.7 Å². The number of hydrogen-bond acceptors (Lipinski definition) is 0. The summed E-state index contributed by atoms with van der Waals surface area (Å²) in [6.07, 6.45) is 9.32. The second kappa shape index (κ2) is 8.54. The van der Waals surface area contributed by atoms with E-state index in [0.29, 0.717) is 0 Å². The minimum Gasteiger partial charge on any atom is -1.00 e. The number of imidazole rings is 1. The van der Waals surface area contributed by atoms with Crippen molar-refractivity contribution < 1.29 is 21.5 Å². The summed E-state index contributed by atoms with van der Waals surface area (Å²) in [5.41, 5.74) is 1.23. The van der Waals surface area contributed by atoms with Crippen molar-refractivity contribution >= 4 is 15.9 Å². The highest BCUT2D eigenvalue weighted by atomic mass is 79.9. The van der Waals surface area contributed by atoms with E-state index >= 15 is 0 Å². The summed E-state index contributed by atoms with van der Waals surface area (Å²) in [4.78, 5) is 3.33. The Morgan fingerprint density at radius 1 is 1.11 bits per heavy atom. The number of nitrogens with zero attached hydrogens (tertiary/aromatic N) is 1. The minimum absolute atomic E-state index is 0. The molecule has 0 spiro atoms. The summed E-state index contributed by atoms with van der Waals surface area (Å²) in [7, 11) is 0. The first-order valence-electron chi connectivity index (χ1n) is 6.64. The van der Waals surface area contributed by atoms with E-state index in [9.17, 15) is 0 Å². The highest BCUT2D eigenvalue weighted by molar-refractivity contribution is 9.10. The maximum absolute atomic E-state index is 3.47. The first-order chi connectivity index (χ1) is 8.81. The number of aromatic amines is 1. The van der Waals surface area contributed by atoms with Crippen LogP contribution in [0.3, 0.4) is 0 Å². The summed E-state index contributed by atoms with van der Waals surface area (Å²) < 4.78 is 3.42. The molecule has 2 aromatic rings. The van der Waals surface area contributed by atoms with Crippen LogP contribution in [0.25, 0.3) is 11.4 Å². The highest BCUT2D eigenvalue weighted by Crippen LogP contribution is 2.17. The number of benzene rings is 1. The Morgan fingerprint density at radius 3 is 2.53 bits per heavy atom. The van der Waals surface area contributed by atoms with Crippen LogP contribution in [-0.4, -0.2) is 4.98 Å². The molecule has 0 amide bonds. The largest absolute Gasteiger partial charge is 1.00 e. The second-order valence-corrected chi connectivity index (χ2v) is 5.49. The van der Waals surface area contributed by atoms with Gasteiger partial charge in [0.2, 0.25) is 0 Å². The van der Waals surface area contributed by atoms with Gasteiger partial charge in [-0.2, -0.15) is 0 Å². The van der Waals surface area contributed by atoms with Crippen molar-refractivity contribution in [2.45, 2.75) is 39.2 Å². The third kappa shape index (κ3) is 4.77. The monoisotopic (exact) mass is 386 g/mol. The van der Waals surface area contributed by atoms with E-state index in [1.807, 2.05) is 6.20 Å². The fraction of sp³-hybridized carbons (Fsp3) is 0.400. The summed E-state index contributed by atoms with van der Waals surface area (Å²) in [5.74, 6) is 1.19. The van der Waals surface area contributed by atoms with Crippen LogP contribution in [0.2, 0.25) is 0 Å². The van der Waals surface area contributed by atoms with Crippen LogP contribution >= 0.6 is 15.9 Å². The lowest BCUT2D eigenvalue weighted by Crippen LogP contribution is -3.00. The molecule has 1 aromatic heterocycles. The Balaban J connectivity index is 0.00000180.